The number of thiazole rings is 1. The van der Waals surface area contributed by atoms with Gasteiger partial charge >= 0.3 is 0 Å². The standard InChI is InChI=1S/C21H16Cl2N2O2S/c1-3-27-19-10-13(9-17(23)20(19)26-2)8-15(11-24)21-25-18(12-28-21)14-4-6-16(22)7-5-14/h4-10,12H,3H2,1-2H3/b15-8-. The van der Waals surface area contributed by atoms with Gasteiger partial charge in [-0.2, -0.15) is 5.26 Å². The average molecular weight is 431 g/mol. The molecule has 28 heavy (non-hydrogen) atoms. The molecule has 1 aromatic heterocycles. The third kappa shape index (κ3) is 4.48. The fraction of sp³-hybridized carbons (Fsp3) is 0.143. The summed E-state index contributed by atoms with van der Waals surface area (Å²) in [5.74, 6) is 1.00. The molecule has 0 spiro atoms. The molecular formula is C21H16Cl2N2O2S. The van der Waals surface area contributed by atoms with Gasteiger partial charge in [-0.15, -0.1) is 11.3 Å². The van der Waals surface area contributed by atoms with Crippen molar-refractivity contribution in [1.29, 1.82) is 5.26 Å². The molecule has 3 rings (SSSR count). The van der Waals surface area contributed by atoms with Gasteiger partial charge in [0.1, 0.15) is 11.1 Å². The van der Waals surface area contributed by atoms with Crippen LogP contribution in [0.4, 0.5) is 0 Å². The molecule has 0 amide bonds. The number of benzene rings is 2. The average Bonchev–Trinajstić information content (AvgIpc) is 3.17. The van der Waals surface area contributed by atoms with Crippen molar-refractivity contribution in [3.8, 4) is 28.8 Å². The molecule has 0 bridgehead atoms. The lowest BCUT2D eigenvalue weighted by Crippen LogP contribution is -1.96. The van der Waals surface area contributed by atoms with Gasteiger partial charge in [0, 0.05) is 16.0 Å². The quantitative estimate of drug-likeness (QED) is 0.413. The maximum atomic E-state index is 9.64. The smallest absolute Gasteiger partial charge is 0.179 e. The number of rotatable bonds is 6. The molecule has 3 aromatic rings. The van der Waals surface area contributed by atoms with Crippen molar-refractivity contribution in [3.63, 3.8) is 0 Å². The monoisotopic (exact) mass is 430 g/mol. The molecule has 0 radical (unpaired) electrons. The molecule has 7 heteroatoms. The third-order valence-corrected chi connectivity index (χ3v) is 5.25. The van der Waals surface area contributed by atoms with Crippen molar-refractivity contribution < 1.29 is 9.47 Å². The van der Waals surface area contributed by atoms with E-state index in [1.54, 1.807) is 18.2 Å². The second kappa shape index (κ2) is 9.11. The van der Waals surface area contributed by atoms with Crippen LogP contribution in [0.3, 0.4) is 0 Å². The lowest BCUT2D eigenvalue weighted by Gasteiger charge is -2.11. The second-order valence-electron chi connectivity index (χ2n) is 5.68. The number of hydrogen-bond acceptors (Lipinski definition) is 5. The normalized spacial score (nSPS) is 11.2. The highest BCUT2D eigenvalue weighted by Gasteiger charge is 2.13. The van der Waals surface area contributed by atoms with E-state index in [9.17, 15) is 5.26 Å². The van der Waals surface area contributed by atoms with Crippen LogP contribution in [0.15, 0.2) is 41.8 Å². The van der Waals surface area contributed by atoms with E-state index in [0.717, 1.165) is 16.8 Å². The Kier molecular flexibility index (Phi) is 6.58. The van der Waals surface area contributed by atoms with Gasteiger partial charge in [-0.05, 0) is 42.8 Å². The van der Waals surface area contributed by atoms with Crippen LogP contribution in [0, 0.1) is 11.3 Å². The zero-order valence-corrected chi connectivity index (χ0v) is 17.5. The largest absolute Gasteiger partial charge is 0.491 e. The predicted molar refractivity (Wildman–Crippen MR) is 115 cm³/mol. The molecule has 2 aromatic carbocycles. The minimum atomic E-state index is 0.415. The summed E-state index contributed by atoms with van der Waals surface area (Å²) in [6.45, 7) is 2.35. The van der Waals surface area contributed by atoms with Gasteiger partial charge in [-0.1, -0.05) is 35.3 Å². The van der Waals surface area contributed by atoms with E-state index >= 15 is 0 Å². The maximum Gasteiger partial charge on any atom is 0.179 e. The Morgan fingerprint density at radius 1 is 1.25 bits per heavy atom. The highest BCUT2D eigenvalue weighted by Crippen LogP contribution is 2.37. The number of halogens is 2. The number of allylic oxidation sites excluding steroid dienone is 1. The molecule has 0 saturated carbocycles. The molecule has 4 nitrogen and oxygen atoms in total. The Hall–Kier alpha value is -2.52. The highest BCUT2D eigenvalue weighted by atomic mass is 35.5. The molecule has 0 fully saturated rings. The van der Waals surface area contributed by atoms with Crippen LogP contribution in [0.2, 0.25) is 10.0 Å². The molecule has 0 aliphatic rings. The van der Waals surface area contributed by atoms with Crippen LogP contribution in [-0.2, 0) is 0 Å². The van der Waals surface area contributed by atoms with E-state index in [2.05, 4.69) is 11.1 Å². The first-order chi connectivity index (χ1) is 13.5. The summed E-state index contributed by atoms with van der Waals surface area (Å²) in [5, 5.41) is 13.3. The molecular weight excluding hydrogens is 415 g/mol. The topological polar surface area (TPSA) is 55.1 Å². The Labute approximate surface area is 177 Å². The highest BCUT2D eigenvalue weighted by molar-refractivity contribution is 7.11. The maximum absolute atomic E-state index is 9.64. The first-order valence-electron chi connectivity index (χ1n) is 8.39. The summed E-state index contributed by atoms with van der Waals surface area (Å²) in [5.41, 5.74) is 2.90. The number of ether oxygens (including phenoxy) is 2. The van der Waals surface area contributed by atoms with E-state index in [0.29, 0.717) is 38.7 Å². The van der Waals surface area contributed by atoms with Crippen molar-refractivity contribution in [2.45, 2.75) is 6.92 Å². The van der Waals surface area contributed by atoms with Crippen molar-refractivity contribution in [1.82, 2.24) is 4.98 Å². The van der Waals surface area contributed by atoms with Gasteiger partial charge in [0.25, 0.3) is 0 Å². The van der Waals surface area contributed by atoms with Crippen LogP contribution >= 0.6 is 34.5 Å². The zero-order valence-electron chi connectivity index (χ0n) is 15.2. The Morgan fingerprint density at radius 3 is 2.64 bits per heavy atom. The van der Waals surface area contributed by atoms with Crippen LogP contribution in [0.25, 0.3) is 22.9 Å². The number of aromatic nitrogens is 1. The SMILES string of the molecule is CCOc1cc(/C=C(/C#N)c2nc(-c3ccc(Cl)cc3)cs2)cc(Cl)c1OC. The summed E-state index contributed by atoms with van der Waals surface area (Å²) in [7, 11) is 1.54. The predicted octanol–water partition coefficient (Wildman–Crippen LogP) is 6.59. The van der Waals surface area contributed by atoms with Crippen molar-refractivity contribution in [2.75, 3.05) is 13.7 Å². The van der Waals surface area contributed by atoms with Crippen LogP contribution in [0.1, 0.15) is 17.5 Å². The van der Waals surface area contributed by atoms with Gasteiger partial charge in [0.05, 0.1) is 30.0 Å². The molecule has 142 valence electrons. The third-order valence-electron chi connectivity index (χ3n) is 3.84. The number of nitrogens with zero attached hydrogens (tertiary/aromatic N) is 2. The van der Waals surface area contributed by atoms with E-state index < -0.39 is 0 Å². The van der Waals surface area contributed by atoms with Crippen molar-refractivity contribution in [3.05, 3.63) is 62.4 Å². The fourth-order valence-corrected chi connectivity index (χ4v) is 3.81. The summed E-state index contributed by atoms with van der Waals surface area (Å²) >= 11 is 13.6. The number of hydrogen-bond donors (Lipinski definition) is 0. The van der Waals surface area contributed by atoms with Crippen LogP contribution < -0.4 is 9.47 Å². The zero-order chi connectivity index (χ0) is 20.1. The molecule has 0 unspecified atom stereocenters. The lowest BCUT2D eigenvalue weighted by atomic mass is 10.1. The first kappa shape index (κ1) is 20.2. The van der Waals surface area contributed by atoms with Crippen molar-refractivity contribution in [2.24, 2.45) is 0 Å². The van der Waals surface area contributed by atoms with Gasteiger partial charge in [0.2, 0.25) is 0 Å². The van der Waals surface area contributed by atoms with E-state index in [1.165, 1.54) is 18.4 Å². The Morgan fingerprint density at radius 2 is 2.00 bits per heavy atom. The summed E-state index contributed by atoms with van der Waals surface area (Å²) in [6.07, 6.45) is 1.73. The van der Waals surface area contributed by atoms with Crippen LogP contribution in [-0.4, -0.2) is 18.7 Å². The summed E-state index contributed by atoms with van der Waals surface area (Å²) < 4.78 is 10.9. The molecule has 0 saturated heterocycles. The van der Waals surface area contributed by atoms with Gasteiger partial charge in [-0.25, -0.2) is 4.98 Å². The minimum absolute atomic E-state index is 0.415. The first-order valence-corrected chi connectivity index (χ1v) is 10.0. The van der Waals surface area contributed by atoms with Gasteiger partial charge in [0.15, 0.2) is 11.5 Å². The molecule has 0 N–H and O–H groups in total. The second-order valence-corrected chi connectivity index (χ2v) is 7.38. The Balaban J connectivity index is 1.97. The lowest BCUT2D eigenvalue weighted by molar-refractivity contribution is 0.311. The fourth-order valence-electron chi connectivity index (χ4n) is 2.59. The van der Waals surface area contributed by atoms with E-state index in [4.69, 9.17) is 32.7 Å². The Bertz CT molecular complexity index is 1050. The van der Waals surface area contributed by atoms with E-state index in [1.807, 2.05) is 36.6 Å². The minimum Gasteiger partial charge on any atom is -0.491 e. The molecule has 0 aliphatic carbocycles. The van der Waals surface area contributed by atoms with E-state index in [-0.39, 0.29) is 0 Å². The molecule has 1 heterocycles. The van der Waals surface area contributed by atoms with Crippen LogP contribution in [0.5, 0.6) is 11.5 Å². The van der Waals surface area contributed by atoms with Crippen molar-refractivity contribution >= 4 is 46.2 Å². The molecule has 0 atom stereocenters. The van der Waals surface area contributed by atoms with Gasteiger partial charge in [-0.3, -0.25) is 0 Å². The number of nitriles is 1. The summed E-state index contributed by atoms with van der Waals surface area (Å²) in [4.78, 5) is 4.59. The summed E-state index contributed by atoms with van der Waals surface area (Å²) in [6, 6.07) is 13.2. The molecule has 0 aliphatic heterocycles. The number of methoxy groups -OCH3 is 1. The van der Waals surface area contributed by atoms with Gasteiger partial charge < -0.3 is 9.47 Å².